The van der Waals surface area contributed by atoms with Gasteiger partial charge in [0.2, 0.25) is 0 Å². The van der Waals surface area contributed by atoms with Crippen molar-refractivity contribution in [3.8, 4) is 0 Å². The maximum Gasteiger partial charge on any atom is 0.276 e. The molecule has 2 aromatic rings. The number of amides is 1. The first kappa shape index (κ1) is 12.0. The van der Waals surface area contributed by atoms with Crippen molar-refractivity contribution in [2.75, 3.05) is 6.54 Å². The standard InChI is InChI=1S/C13H16N4O2/c1-8-6-11(15-19-8)13(18)17-5-4-10-9(2)14-16(3)12(10)7-17/h6H,4-5,7H2,1-3H3. The maximum atomic E-state index is 12.3. The smallest absolute Gasteiger partial charge is 0.276 e. The molecule has 1 aliphatic heterocycles. The van der Waals surface area contributed by atoms with Gasteiger partial charge in [0.15, 0.2) is 5.69 Å². The average molecular weight is 260 g/mol. The molecule has 0 spiro atoms. The average Bonchev–Trinajstić information content (AvgIpc) is 2.94. The summed E-state index contributed by atoms with van der Waals surface area (Å²) in [6.07, 6.45) is 0.845. The first-order valence-corrected chi connectivity index (χ1v) is 6.30. The summed E-state index contributed by atoms with van der Waals surface area (Å²) in [5, 5.41) is 8.19. The van der Waals surface area contributed by atoms with Crippen LogP contribution in [-0.4, -0.2) is 32.3 Å². The van der Waals surface area contributed by atoms with E-state index in [1.807, 2.05) is 18.7 Å². The van der Waals surface area contributed by atoms with E-state index in [0.717, 1.165) is 17.8 Å². The van der Waals surface area contributed by atoms with Gasteiger partial charge in [-0.25, -0.2) is 0 Å². The third-order valence-corrected chi connectivity index (χ3v) is 3.58. The van der Waals surface area contributed by atoms with E-state index in [1.54, 1.807) is 17.9 Å². The van der Waals surface area contributed by atoms with Crippen molar-refractivity contribution in [3.05, 3.63) is 34.5 Å². The van der Waals surface area contributed by atoms with E-state index in [1.165, 1.54) is 5.56 Å². The van der Waals surface area contributed by atoms with E-state index in [9.17, 15) is 4.79 Å². The Bertz CT molecular complexity index is 641. The van der Waals surface area contributed by atoms with Crippen LogP contribution < -0.4 is 0 Å². The van der Waals surface area contributed by atoms with Crippen molar-refractivity contribution in [2.45, 2.75) is 26.8 Å². The van der Waals surface area contributed by atoms with Gasteiger partial charge in [-0.1, -0.05) is 5.16 Å². The maximum absolute atomic E-state index is 12.3. The predicted molar refractivity (Wildman–Crippen MR) is 67.6 cm³/mol. The third-order valence-electron chi connectivity index (χ3n) is 3.58. The first-order chi connectivity index (χ1) is 9.06. The Morgan fingerprint density at radius 2 is 2.21 bits per heavy atom. The molecule has 3 rings (SSSR count). The molecule has 0 N–H and O–H groups in total. The Morgan fingerprint density at radius 1 is 1.42 bits per heavy atom. The molecule has 100 valence electrons. The Labute approximate surface area is 111 Å². The molecule has 1 aliphatic rings. The highest BCUT2D eigenvalue weighted by atomic mass is 16.5. The summed E-state index contributed by atoms with van der Waals surface area (Å²) in [6, 6.07) is 1.67. The van der Waals surface area contributed by atoms with Crippen molar-refractivity contribution in [1.82, 2.24) is 19.8 Å². The van der Waals surface area contributed by atoms with Crippen molar-refractivity contribution in [3.63, 3.8) is 0 Å². The van der Waals surface area contributed by atoms with E-state index in [-0.39, 0.29) is 5.91 Å². The predicted octanol–water partition coefficient (Wildman–Crippen LogP) is 1.22. The molecule has 1 amide bonds. The summed E-state index contributed by atoms with van der Waals surface area (Å²) in [6.45, 7) is 5.07. The summed E-state index contributed by atoms with van der Waals surface area (Å²) in [7, 11) is 1.92. The van der Waals surface area contributed by atoms with E-state index in [2.05, 4.69) is 10.3 Å². The van der Waals surface area contributed by atoms with Crippen molar-refractivity contribution in [1.29, 1.82) is 0 Å². The SMILES string of the molecule is Cc1cc(C(=O)N2CCc3c(C)nn(C)c3C2)no1. The topological polar surface area (TPSA) is 64.2 Å². The van der Waals surface area contributed by atoms with Gasteiger partial charge in [0.25, 0.3) is 5.91 Å². The molecule has 19 heavy (non-hydrogen) atoms. The second-order valence-corrected chi connectivity index (χ2v) is 4.93. The van der Waals surface area contributed by atoms with Gasteiger partial charge in [0.1, 0.15) is 5.76 Å². The van der Waals surface area contributed by atoms with Crippen LogP contribution in [0.2, 0.25) is 0 Å². The highest BCUT2D eigenvalue weighted by molar-refractivity contribution is 5.92. The van der Waals surface area contributed by atoms with Gasteiger partial charge in [-0.15, -0.1) is 0 Å². The number of hydrogen-bond donors (Lipinski definition) is 0. The third kappa shape index (κ3) is 1.93. The zero-order valence-corrected chi connectivity index (χ0v) is 11.3. The fourth-order valence-corrected chi connectivity index (χ4v) is 2.58. The fourth-order valence-electron chi connectivity index (χ4n) is 2.58. The van der Waals surface area contributed by atoms with Crippen molar-refractivity contribution < 1.29 is 9.32 Å². The van der Waals surface area contributed by atoms with Crippen LogP contribution in [0.5, 0.6) is 0 Å². The van der Waals surface area contributed by atoms with Crippen LogP contribution >= 0.6 is 0 Å². The molecule has 0 radical (unpaired) electrons. The van der Waals surface area contributed by atoms with Crippen LogP contribution in [0, 0.1) is 13.8 Å². The number of rotatable bonds is 1. The summed E-state index contributed by atoms with van der Waals surface area (Å²) < 4.78 is 6.82. The molecule has 0 unspecified atom stereocenters. The molecule has 0 saturated carbocycles. The normalized spacial score (nSPS) is 14.6. The quantitative estimate of drug-likeness (QED) is 0.773. The molecular weight excluding hydrogens is 244 g/mol. The lowest BCUT2D eigenvalue weighted by Gasteiger charge is -2.26. The molecule has 0 bridgehead atoms. The lowest BCUT2D eigenvalue weighted by molar-refractivity contribution is 0.0719. The van der Waals surface area contributed by atoms with E-state index in [4.69, 9.17) is 4.52 Å². The molecule has 2 aromatic heterocycles. The lowest BCUT2D eigenvalue weighted by atomic mass is 10.0. The molecule has 6 nitrogen and oxygen atoms in total. The van der Waals surface area contributed by atoms with Gasteiger partial charge in [-0.05, 0) is 25.8 Å². The van der Waals surface area contributed by atoms with Gasteiger partial charge < -0.3 is 9.42 Å². The molecule has 0 atom stereocenters. The lowest BCUT2D eigenvalue weighted by Crippen LogP contribution is -2.36. The second-order valence-electron chi connectivity index (χ2n) is 4.93. The zero-order valence-electron chi connectivity index (χ0n) is 11.3. The van der Waals surface area contributed by atoms with Crippen LogP contribution in [0.4, 0.5) is 0 Å². The number of fused-ring (bicyclic) bond motifs is 1. The van der Waals surface area contributed by atoms with Crippen molar-refractivity contribution >= 4 is 5.91 Å². The first-order valence-electron chi connectivity index (χ1n) is 6.30. The molecule has 6 heteroatoms. The summed E-state index contributed by atoms with van der Waals surface area (Å²) >= 11 is 0. The largest absolute Gasteiger partial charge is 0.361 e. The van der Waals surface area contributed by atoms with Gasteiger partial charge in [0.05, 0.1) is 17.9 Å². The van der Waals surface area contributed by atoms with Gasteiger partial charge in [-0.2, -0.15) is 5.10 Å². The van der Waals surface area contributed by atoms with Gasteiger partial charge in [0, 0.05) is 19.7 Å². The number of nitrogens with zero attached hydrogens (tertiary/aromatic N) is 4. The number of hydrogen-bond acceptors (Lipinski definition) is 4. The minimum absolute atomic E-state index is 0.0821. The highest BCUT2D eigenvalue weighted by Crippen LogP contribution is 2.22. The van der Waals surface area contributed by atoms with Crippen LogP contribution in [0.25, 0.3) is 0 Å². The molecule has 0 aromatic carbocycles. The number of carbonyl (C=O) groups excluding carboxylic acids is 1. The van der Waals surface area contributed by atoms with Crippen LogP contribution in [0.15, 0.2) is 10.6 Å². The number of aryl methyl sites for hydroxylation is 3. The minimum Gasteiger partial charge on any atom is -0.361 e. The number of aromatic nitrogens is 3. The Hall–Kier alpha value is -2.11. The second kappa shape index (κ2) is 4.22. The van der Waals surface area contributed by atoms with Crippen LogP contribution in [0.3, 0.4) is 0 Å². The molecular formula is C13H16N4O2. The minimum atomic E-state index is -0.0821. The number of carbonyl (C=O) groups is 1. The van der Waals surface area contributed by atoms with E-state index < -0.39 is 0 Å². The monoisotopic (exact) mass is 260 g/mol. The molecule has 0 aliphatic carbocycles. The summed E-state index contributed by atoms with van der Waals surface area (Å²) in [5.74, 6) is 0.568. The van der Waals surface area contributed by atoms with Crippen molar-refractivity contribution in [2.24, 2.45) is 7.05 Å². The van der Waals surface area contributed by atoms with Crippen LogP contribution in [0.1, 0.15) is 33.2 Å². The van der Waals surface area contributed by atoms with Gasteiger partial charge in [-0.3, -0.25) is 9.48 Å². The Morgan fingerprint density at radius 3 is 2.89 bits per heavy atom. The molecule has 3 heterocycles. The molecule has 0 saturated heterocycles. The van der Waals surface area contributed by atoms with E-state index in [0.29, 0.717) is 24.5 Å². The Kier molecular flexibility index (Phi) is 2.66. The highest BCUT2D eigenvalue weighted by Gasteiger charge is 2.27. The molecule has 0 fully saturated rings. The Balaban J connectivity index is 1.86. The van der Waals surface area contributed by atoms with E-state index >= 15 is 0 Å². The fraction of sp³-hybridized carbons (Fsp3) is 0.462. The summed E-state index contributed by atoms with van der Waals surface area (Å²) in [4.78, 5) is 14.1. The summed E-state index contributed by atoms with van der Waals surface area (Å²) in [5.41, 5.74) is 3.81. The zero-order chi connectivity index (χ0) is 13.6. The van der Waals surface area contributed by atoms with Crippen LogP contribution in [-0.2, 0) is 20.0 Å². The van der Waals surface area contributed by atoms with Gasteiger partial charge >= 0.3 is 0 Å².